The van der Waals surface area contributed by atoms with Crippen LogP contribution < -0.4 is 30.3 Å². The molecule has 1 saturated carbocycles. The number of hydrogen-bond acceptors (Lipinski definition) is 4. The van der Waals surface area contributed by atoms with Gasteiger partial charge in [0, 0.05) is 80.1 Å². The summed E-state index contributed by atoms with van der Waals surface area (Å²) in [5.41, 5.74) is 4.43. The molecule has 6 nitrogen and oxygen atoms in total. The van der Waals surface area contributed by atoms with Crippen LogP contribution in [0.1, 0.15) is 103 Å². The summed E-state index contributed by atoms with van der Waals surface area (Å²) in [5, 5.41) is 50.7. The average molecular weight is 573 g/mol. The van der Waals surface area contributed by atoms with Crippen LogP contribution >= 0.6 is 0 Å². The monoisotopic (exact) mass is 572 g/mol. The van der Waals surface area contributed by atoms with Gasteiger partial charge in [0.05, 0.1) is 11.1 Å². The van der Waals surface area contributed by atoms with Gasteiger partial charge in [0.2, 0.25) is 10.7 Å². The highest BCUT2D eigenvalue weighted by molar-refractivity contribution is 5.91. The predicted octanol–water partition coefficient (Wildman–Crippen LogP) is 1.54. The van der Waals surface area contributed by atoms with Crippen molar-refractivity contribution in [2.45, 2.75) is 115 Å². The van der Waals surface area contributed by atoms with E-state index in [0.29, 0.717) is 21.6 Å². The Labute approximate surface area is 248 Å². The maximum atomic E-state index is 11.9. The van der Waals surface area contributed by atoms with Gasteiger partial charge in [0.25, 0.3) is 0 Å². The number of benzene rings is 2. The minimum atomic E-state index is -1.09. The Hall–Kier alpha value is -2.70. The molecule has 0 amide bonds. The van der Waals surface area contributed by atoms with Crippen LogP contribution in [0.15, 0.2) is 12.1 Å². The molecule has 7 rings (SSSR count). The molecule has 4 N–H and O–H groups in total. The van der Waals surface area contributed by atoms with Crippen LogP contribution in [0, 0.1) is 0 Å². The average Bonchev–Trinajstić information content (AvgIpc) is 2.88. The number of hydrogen-bond donors (Lipinski definition) is 4. The van der Waals surface area contributed by atoms with Crippen LogP contribution in [-0.2, 0) is 21.7 Å². The molecular formula is C36H48N2O4+2. The summed E-state index contributed by atoms with van der Waals surface area (Å²) in [4.78, 5) is 0. The predicted molar refractivity (Wildman–Crippen MR) is 166 cm³/mol. The maximum absolute atomic E-state index is 11.9. The number of aliphatic hydroxyl groups is 2. The second kappa shape index (κ2) is 8.47. The highest BCUT2D eigenvalue weighted by Crippen LogP contribution is 2.42. The van der Waals surface area contributed by atoms with Crippen molar-refractivity contribution in [1.29, 1.82) is 0 Å². The van der Waals surface area contributed by atoms with E-state index in [-0.39, 0.29) is 33.2 Å². The third-order valence-electron chi connectivity index (χ3n) is 11.8. The van der Waals surface area contributed by atoms with Crippen molar-refractivity contribution >= 4 is 11.1 Å². The van der Waals surface area contributed by atoms with Crippen molar-refractivity contribution in [2.75, 3.05) is 26.2 Å². The standard InChI is InChI=1S/C36H46N2O4/c1-33(2)9-13-37-15-11-35(5,6)25-27(37)21(33)17-19(29(25)39)23-31(41)24(32(23)42)20-18-22-28-26(30(20)40)36(7,8)12-16-38(28)14-10-34(22,3)4/h17-18,31-32,41-42H,9-16H2,1-8H3/p+2. The second-order valence-corrected chi connectivity index (χ2v) is 16.3. The molecule has 224 valence electrons. The Bertz CT molecular complexity index is 1690. The van der Waals surface area contributed by atoms with E-state index in [9.17, 15) is 20.4 Å². The minimum Gasteiger partial charge on any atom is -0.507 e. The summed E-state index contributed by atoms with van der Waals surface area (Å²) in [7, 11) is 0. The van der Waals surface area contributed by atoms with E-state index in [1.165, 1.54) is 11.1 Å². The summed E-state index contributed by atoms with van der Waals surface area (Å²) in [5.74, 6) is 0.354. The number of rotatable bonds is 0. The van der Waals surface area contributed by atoms with E-state index in [0.717, 1.165) is 73.7 Å². The Balaban J connectivity index is 1.54. The zero-order valence-electron chi connectivity index (χ0n) is 26.6. The van der Waals surface area contributed by atoms with E-state index in [2.05, 4.69) is 64.5 Å². The summed E-state index contributed by atoms with van der Waals surface area (Å²) in [6.45, 7) is 21.6. The summed E-state index contributed by atoms with van der Waals surface area (Å²) < 4.78 is 4.81. The van der Waals surface area contributed by atoms with E-state index < -0.39 is 12.2 Å². The van der Waals surface area contributed by atoms with Crippen LogP contribution in [0.2, 0.25) is 0 Å². The van der Waals surface area contributed by atoms with Crippen molar-refractivity contribution < 1.29 is 20.4 Å². The fourth-order valence-corrected chi connectivity index (χ4v) is 8.71. The quantitative estimate of drug-likeness (QED) is 0.361. The van der Waals surface area contributed by atoms with Crippen LogP contribution in [0.25, 0.3) is 11.1 Å². The molecule has 0 radical (unpaired) electrons. The maximum Gasteiger partial charge on any atom is 0.211 e. The van der Waals surface area contributed by atoms with Crippen LogP contribution in [-0.4, -0.2) is 58.8 Å². The number of nitrogens with zero attached hydrogens (tertiary/aromatic N) is 2. The number of aliphatic hydroxyl groups excluding tert-OH is 2. The van der Waals surface area contributed by atoms with Gasteiger partial charge < -0.3 is 20.4 Å². The lowest BCUT2D eigenvalue weighted by atomic mass is 9.68. The van der Waals surface area contributed by atoms with Gasteiger partial charge in [-0.1, -0.05) is 55.4 Å². The summed E-state index contributed by atoms with van der Waals surface area (Å²) in [6, 6.07) is 4.06. The molecule has 0 unspecified atom stereocenters. The molecule has 0 saturated heterocycles. The lowest BCUT2D eigenvalue weighted by Gasteiger charge is -2.39. The van der Waals surface area contributed by atoms with Gasteiger partial charge in [-0.15, -0.1) is 0 Å². The SMILES string of the molecule is CC1(C)CC[N+]2=c3c1cc(=C1C(O)C(=c4cc5c6c(c4O)C(C)(C)CC[N+]=6CCC5(C)C)C1O)c(O)c3C(C)(C)CC2. The molecule has 1 aliphatic carbocycles. The first-order valence-electron chi connectivity index (χ1n) is 15.9. The van der Waals surface area contributed by atoms with Gasteiger partial charge in [0.15, 0.2) is 0 Å². The smallest absolute Gasteiger partial charge is 0.211 e. The van der Waals surface area contributed by atoms with Crippen molar-refractivity contribution in [3.05, 3.63) is 55.5 Å². The van der Waals surface area contributed by atoms with Crippen molar-refractivity contribution in [3.63, 3.8) is 0 Å². The van der Waals surface area contributed by atoms with E-state index in [1.807, 2.05) is 12.1 Å². The van der Waals surface area contributed by atoms with E-state index in [4.69, 9.17) is 0 Å². The van der Waals surface area contributed by atoms with Crippen LogP contribution in [0.4, 0.5) is 0 Å². The van der Waals surface area contributed by atoms with Gasteiger partial charge in [-0.05, 0) is 12.1 Å². The van der Waals surface area contributed by atoms with E-state index >= 15 is 0 Å². The number of phenols is 2. The molecule has 0 bridgehead atoms. The Morgan fingerprint density at radius 2 is 0.857 bits per heavy atom. The Morgan fingerprint density at radius 1 is 0.548 bits per heavy atom. The molecule has 0 aromatic heterocycles. The second-order valence-electron chi connectivity index (χ2n) is 16.3. The van der Waals surface area contributed by atoms with Crippen molar-refractivity contribution in [2.24, 2.45) is 0 Å². The normalized spacial score (nSPS) is 27.8. The zero-order chi connectivity index (χ0) is 30.3. The summed E-state index contributed by atoms with van der Waals surface area (Å²) in [6.07, 6.45) is 1.71. The Morgan fingerprint density at radius 3 is 1.19 bits per heavy atom. The zero-order valence-corrected chi connectivity index (χ0v) is 26.6. The lowest BCUT2D eigenvalue weighted by Crippen LogP contribution is -2.55. The van der Waals surface area contributed by atoms with E-state index in [1.54, 1.807) is 0 Å². The summed E-state index contributed by atoms with van der Waals surface area (Å²) >= 11 is 0. The minimum absolute atomic E-state index is 0.0916. The number of aromatic hydroxyl groups is 2. The molecule has 2 aromatic carbocycles. The molecule has 4 heterocycles. The van der Waals surface area contributed by atoms with Crippen molar-refractivity contribution in [3.8, 4) is 11.5 Å². The molecule has 2 aromatic rings. The largest absolute Gasteiger partial charge is 0.507 e. The van der Waals surface area contributed by atoms with Crippen molar-refractivity contribution in [1.82, 2.24) is 9.15 Å². The van der Waals surface area contributed by atoms with Crippen LogP contribution in [0.5, 0.6) is 11.5 Å². The number of phenolic OH excluding ortho intramolecular Hbond substituents is 2. The third-order valence-corrected chi connectivity index (χ3v) is 11.8. The molecule has 1 fully saturated rings. The molecule has 4 aliphatic heterocycles. The highest BCUT2D eigenvalue weighted by atomic mass is 16.3. The first kappa shape index (κ1) is 28.1. The first-order chi connectivity index (χ1) is 19.5. The Kier molecular flexibility index (Phi) is 5.67. The molecule has 0 spiro atoms. The molecular weight excluding hydrogens is 524 g/mol. The van der Waals surface area contributed by atoms with Gasteiger partial charge in [-0.25, -0.2) is 9.15 Å². The third kappa shape index (κ3) is 3.57. The molecule has 5 aliphatic rings. The van der Waals surface area contributed by atoms with Gasteiger partial charge in [0.1, 0.15) is 49.9 Å². The van der Waals surface area contributed by atoms with Gasteiger partial charge in [-0.3, -0.25) is 0 Å². The molecule has 42 heavy (non-hydrogen) atoms. The highest BCUT2D eigenvalue weighted by Gasteiger charge is 2.47. The fraction of sp³-hybridized carbons (Fsp3) is 0.611. The van der Waals surface area contributed by atoms with Gasteiger partial charge in [-0.2, -0.15) is 0 Å². The molecule has 6 heteroatoms. The van der Waals surface area contributed by atoms with Gasteiger partial charge >= 0.3 is 0 Å². The lowest BCUT2D eigenvalue weighted by molar-refractivity contribution is 0.174. The van der Waals surface area contributed by atoms with Crippen LogP contribution in [0.3, 0.4) is 0 Å². The topological polar surface area (TPSA) is 86.9 Å². The molecule has 0 atom stereocenters. The first-order valence-corrected chi connectivity index (χ1v) is 15.9. The fourth-order valence-electron chi connectivity index (χ4n) is 8.71.